The van der Waals surface area contributed by atoms with E-state index in [1.807, 2.05) is 45.0 Å². The summed E-state index contributed by atoms with van der Waals surface area (Å²) in [5.41, 5.74) is 1.08. The second-order valence-corrected chi connectivity index (χ2v) is 7.45. The van der Waals surface area contributed by atoms with Crippen LogP contribution in [0.5, 0.6) is 0 Å². The third-order valence-corrected chi connectivity index (χ3v) is 4.31. The maximum Gasteiger partial charge on any atom is 0.136 e. The highest BCUT2D eigenvalue weighted by Gasteiger charge is 2.29. The molecule has 1 aromatic rings. The van der Waals surface area contributed by atoms with Gasteiger partial charge in [0.2, 0.25) is 0 Å². The molecule has 1 N–H and O–H groups in total. The molecule has 0 aliphatic rings. The van der Waals surface area contributed by atoms with Gasteiger partial charge in [0, 0.05) is 16.4 Å². The van der Waals surface area contributed by atoms with Crippen LogP contribution >= 0.6 is 11.6 Å². The number of nitrogens with one attached hydrogen (secondary N) is 1. The van der Waals surface area contributed by atoms with Gasteiger partial charge in [-0.25, -0.2) is 0 Å². The molecule has 0 bridgehead atoms. The third-order valence-electron chi connectivity index (χ3n) is 2.46. The molecule has 17 heavy (non-hydrogen) atoms. The summed E-state index contributed by atoms with van der Waals surface area (Å²) in [6.07, 6.45) is 0.877. The molecule has 4 heteroatoms. The third kappa shape index (κ3) is 4.51. The summed E-state index contributed by atoms with van der Waals surface area (Å²) >= 11 is 4.90. The number of benzene rings is 1. The summed E-state index contributed by atoms with van der Waals surface area (Å²) in [5, 5.41) is 0.712. The fraction of sp³-hybridized carbons (Fsp3) is 0.538. The van der Waals surface area contributed by atoms with Crippen molar-refractivity contribution in [1.29, 1.82) is 0 Å². The lowest BCUT2D eigenvalue weighted by Crippen LogP contribution is -2.41. The molecule has 2 atom stereocenters. The van der Waals surface area contributed by atoms with Crippen molar-refractivity contribution in [3.63, 3.8) is 0 Å². The van der Waals surface area contributed by atoms with Gasteiger partial charge in [0.05, 0.1) is 6.04 Å². The lowest BCUT2D eigenvalue weighted by Gasteiger charge is -2.27. The van der Waals surface area contributed by atoms with Gasteiger partial charge in [-0.2, -0.15) is 0 Å². The van der Waals surface area contributed by atoms with Gasteiger partial charge in [-0.3, -0.25) is 0 Å². The lowest BCUT2D eigenvalue weighted by atomic mass is 10.1. The van der Waals surface area contributed by atoms with Crippen molar-refractivity contribution in [2.24, 2.45) is 0 Å². The molecule has 0 aromatic heterocycles. The molecule has 1 rings (SSSR count). The van der Waals surface area contributed by atoms with E-state index >= 15 is 0 Å². The number of hydrogen-bond acceptors (Lipinski definition) is 2. The first-order valence-electron chi connectivity index (χ1n) is 5.78. The van der Waals surface area contributed by atoms with E-state index in [4.69, 9.17) is 11.6 Å². The van der Waals surface area contributed by atoms with Crippen molar-refractivity contribution in [2.75, 3.05) is 0 Å². The molecule has 0 saturated carbocycles. The fourth-order valence-corrected chi connectivity index (χ4v) is 2.53. The summed E-state index contributed by atoms with van der Waals surface area (Å²) in [6.45, 7) is 7.95. The van der Waals surface area contributed by atoms with E-state index < -0.39 is 11.4 Å². The standard InChI is InChI=1S/C13H20ClNOS/c1-5-12(15-17(16)13(2,3)4)10-7-6-8-11(14)9-10/h6-9,12,15H,5H2,1-4H3/t12-,17?/m1/s1. The summed E-state index contributed by atoms with van der Waals surface area (Å²) in [7, 11) is 0. The summed E-state index contributed by atoms with van der Waals surface area (Å²) < 4.78 is 15.0. The molecule has 0 aliphatic heterocycles. The Bertz CT molecular complexity index is 365. The first-order valence-corrected chi connectivity index (χ1v) is 7.31. The van der Waals surface area contributed by atoms with Crippen molar-refractivity contribution in [1.82, 2.24) is 4.72 Å². The normalized spacial score (nSPS) is 15.6. The van der Waals surface area contributed by atoms with Crippen LogP contribution in [0.2, 0.25) is 5.02 Å². The van der Waals surface area contributed by atoms with Crippen LogP contribution in [0.1, 0.15) is 45.7 Å². The van der Waals surface area contributed by atoms with E-state index in [-0.39, 0.29) is 10.8 Å². The Morgan fingerprint density at radius 2 is 2.06 bits per heavy atom. The summed E-state index contributed by atoms with van der Waals surface area (Å²) in [4.78, 5) is 0. The van der Waals surface area contributed by atoms with Gasteiger partial charge in [0.15, 0.2) is 0 Å². The Morgan fingerprint density at radius 1 is 1.41 bits per heavy atom. The molecule has 0 radical (unpaired) electrons. The van der Waals surface area contributed by atoms with E-state index in [0.717, 1.165) is 12.0 Å². The molecule has 0 fully saturated rings. The second-order valence-electron chi connectivity index (χ2n) is 5.01. The van der Waals surface area contributed by atoms with Crippen LogP contribution in [-0.2, 0) is 11.4 Å². The highest BCUT2D eigenvalue weighted by molar-refractivity contribution is 7.90. The Labute approximate surface area is 112 Å². The zero-order valence-corrected chi connectivity index (χ0v) is 12.4. The van der Waals surface area contributed by atoms with Gasteiger partial charge >= 0.3 is 0 Å². The average molecular weight is 274 g/mol. The first-order chi connectivity index (χ1) is 7.84. The number of halogens is 1. The maximum atomic E-state index is 12.1. The average Bonchev–Trinajstić information content (AvgIpc) is 2.24. The maximum absolute atomic E-state index is 12.1. The Kier molecular flexibility index (Phi) is 5.32. The molecule has 0 amide bonds. The smallest absolute Gasteiger partial charge is 0.136 e. The molecule has 0 heterocycles. The van der Waals surface area contributed by atoms with Crippen molar-refractivity contribution in [3.05, 3.63) is 34.9 Å². The fourth-order valence-electron chi connectivity index (χ4n) is 1.42. The molecular weight excluding hydrogens is 254 g/mol. The van der Waals surface area contributed by atoms with E-state index in [0.29, 0.717) is 5.02 Å². The van der Waals surface area contributed by atoms with Gasteiger partial charge in [0.25, 0.3) is 0 Å². The van der Waals surface area contributed by atoms with E-state index in [9.17, 15) is 4.55 Å². The van der Waals surface area contributed by atoms with Gasteiger partial charge in [-0.05, 0) is 44.9 Å². The predicted octanol–water partition coefficient (Wildman–Crippen LogP) is 3.84. The van der Waals surface area contributed by atoms with Crippen molar-refractivity contribution < 1.29 is 4.55 Å². The zero-order valence-electron chi connectivity index (χ0n) is 10.8. The molecule has 1 unspecified atom stereocenters. The zero-order chi connectivity index (χ0) is 13.1. The Morgan fingerprint density at radius 3 is 2.53 bits per heavy atom. The Balaban J connectivity index is 2.79. The van der Waals surface area contributed by atoms with Gasteiger partial charge in [-0.1, -0.05) is 30.7 Å². The van der Waals surface area contributed by atoms with E-state index in [2.05, 4.69) is 11.6 Å². The topological polar surface area (TPSA) is 35.1 Å². The molecule has 0 aliphatic carbocycles. The summed E-state index contributed by atoms with van der Waals surface area (Å²) in [5.74, 6) is 0. The van der Waals surface area contributed by atoms with Crippen LogP contribution in [0.15, 0.2) is 24.3 Å². The quantitative estimate of drug-likeness (QED) is 0.846. The van der Waals surface area contributed by atoms with Crippen LogP contribution < -0.4 is 4.72 Å². The number of hydrogen-bond donors (Lipinski definition) is 1. The minimum atomic E-state index is -1.07. The van der Waals surface area contributed by atoms with Crippen molar-refractivity contribution in [2.45, 2.75) is 44.9 Å². The molecule has 1 aromatic carbocycles. The largest absolute Gasteiger partial charge is 0.598 e. The van der Waals surface area contributed by atoms with Crippen molar-refractivity contribution >= 4 is 23.0 Å². The molecule has 0 spiro atoms. The molecule has 2 nitrogen and oxygen atoms in total. The molecule has 96 valence electrons. The van der Waals surface area contributed by atoms with Crippen LogP contribution in [-0.4, -0.2) is 9.30 Å². The highest BCUT2D eigenvalue weighted by Crippen LogP contribution is 2.24. The number of rotatable bonds is 4. The SMILES string of the molecule is CC[C@@H](N[S+]([O-])C(C)(C)C)c1cccc(Cl)c1. The predicted molar refractivity (Wildman–Crippen MR) is 75.5 cm³/mol. The second kappa shape index (κ2) is 6.10. The van der Waals surface area contributed by atoms with Crippen LogP contribution in [0, 0.1) is 0 Å². The van der Waals surface area contributed by atoms with Crippen LogP contribution in [0.3, 0.4) is 0 Å². The van der Waals surface area contributed by atoms with Gasteiger partial charge in [-0.15, -0.1) is 4.72 Å². The van der Waals surface area contributed by atoms with Crippen LogP contribution in [0.4, 0.5) is 0 Å². The monoisotopic (exact) mass is 273 g/mol. The minimum absolute atomic E-state index is 0.0776. The van der Waals surface area contributed by atoms with Gasteiger partial charge in [0.1, 0.15) is 4.75 Å². The Hall–Kier alpha value is -0.220. The first kappa shape index (κ1) is 14.8. The van der Waals surface area contributed by atoms with E-state index in [1.54, 1.807) is 0 Å². The molecule has 0 saturated heterocycles. The van der Waals surface area contributed by atoms with E-state index in [1.165, 1.54) is 0 Å². The van der Waals surface area contributed by atoms with Crippen molar-refractivity contribution in [3.8, 4) is 0 Å². The summed E-state index contributed by atoms with van der Waals surface area (Å²) in [6, 6.07) is 7.77. The highest BCUT2D eigenvalue weighted by atomic mass is 35.5. The van der Waals surface area contributed by atoms with Gasteiger partial charge < -0.3 is 4.55 Å². The van der Waals surface area contributed by atoms with Crippen LogP contribution in [0.25, 0.3) is 0 Å². The molecular formula is C13H20ClNOS. The minimum Gasteiger partial charge on any atom is -0.598 e. The lowest BCUT2D eigenvalue weighted by molar-refractivity contribution is 0.519.